The first kappa shape index (κ1) is 25.4. The summed E-state index contributed by atoms with van der Waals surface area (Å²) in [6.07, 6.45) is 4.43. The molecular weight excluding hydrogens is 502 g/mol. The molecule has 0 spiro atoms. The lowest BCUT2D eigenvalue weighted by Gasteiger charge is -2.26. The van der Waals surface area contributed by atoms with Gasteiger partial charge in [-0.05, 0) is 57.6 Å². The highest BCUT2D eigenvalue weighted by Gasteiger charge is 2.45. The van der Waals surface area contributed by atoms with Gasteiger partial charge in [-0.2, -0.15) is 0 Å². The molecule has 10 nitrogen and oxygen atoms in total. The normalized spacial score (nSPS) is 24.0. The number of nitrogens with two attached hydrogens (primary N) is 2. The van der Waals surface area contributed by atoms with Crippen LogP contribution in [0.5, 0.6) is 0 Å². The number of rotatable bonds is 7. The van der Waals surface area contributed by atoms with E-state index in [0.29, 0.717) is 23.0 Å². The van der Waals surface area contributed by atoms with Gasteiger partial charge in [-0.3, -0.25) is 4.79 Å². The number of aryl methyl sites for hydroxylation is 3. The lowest BCUT2D eigenvalue weighted by molar-refractivity contribution is -0.0383. The fourth-order valence-electron chi connectivity index (χ4n) is 5.62. The number of ether oxygens (including phenoxy) is 2. The molecule has 38 heavy (non-hydrogen) atoms. The van der Waals surface area contributed by atoms with Crippen molar-refractivity contribution in [3.05, 3.63) is 39.8 Å². The highest BCUT2D eigenvalue weighted by atomic mass is 32.1. The minimum absolute atomic E-state index is 0.0229. The zero-order chi connectivity index (χ0) is 26.6. The van der Waals surface area contributed by atoms with Crippen LogP contribution in [0.4, 0.5) is 11.5 Å². The second-order valence-electron chi connectivity index (χ2n) is 10.9. The molecule has 1 saturated heterocycles. The number of nitrogens with one attached hydrogen (secondary N) is 1. The summed E-state index contributed by atoms with van der Waals surface area (Å²) in [7, 11) is 1.75. The number of thiophene rings is 1. The number of hydrogen-bond acceptors (Lipinski definition) is 10. The van der Waals surface area contributed by atoms with Gasteiger partial charge in [0.1, 0.15) is 21.3 Å². The first-order valence-electron chi connectivity index (χ1n) is 13.3. The predicted molar refractivity (Wildman–Crippen MR) is 148 cm³/mol. The summed E-state index contributed by atoms with van der Waals surface area (Å²) in [6.45, 7) is 5.78. The summed E-state index contributed by atoms with van der Waals surface area (Å²) < 4.78 is 11.7. The molecule has 11 heteroatoms. The summed E-state index contributed by atoms with van der Waals surface area (Å²) in [6, 6.07) is 4.16. The van der Waals surface area contributed by atoms with Gasteiger partial charge in [-0.25, -0.2) is 15.0 Å². The van der Waals surface area contributed by atoms with E-state index in [2.05, 4.69) is 32.3 Å². The smallest absolute Gasteiger partial charge is 0.263 e. The van der Waals surface area contributed by atoms with Gasteiger partial charge in [0.25, 0.3) is 5.91 Å². The number of carbonyl (C=O) groups excluding carboxylic acids is 1. The molecule has 5 N–H and O–H groups in total. The Morgan fingerprint density at radius 3 is 2.82 bits per heavy atom. The summed E-state index contributed by atoms with van der Waals surface area (Å²) in [5.74, 6) is 1.46. The van der Waals surface area contributed by atoms with E-state index in [1.165, 1.54) is 16.9 Å². The van der Waals surface area contributed by atoms with Crippen LogP contribution in [0, 0.1) is 13.8 Å². The van der Waals surface area contributed by atoms with Crippen LogP contribution >= 0.6 is 11.3 Å². The number of anilines is 2. The Balaban J connectivity index is 1.09. The number of pyridine rings is 1. The van der Waals surface area contributed by atoms with Gasteiger partial charge in [0.05, 0.1) is 41.1 Å². The molecule has 0 aromatic carbocycles. The Kier molecular flexibility index (Phi) is 6.50. The Labute approximate surface area is 226 Å². The number of aromatic nitrogens is 3. The second kappa shape index (κ2) is 9.71. The monoisotopic (exact) mass is 537 g/mol. The zero-order valence-electron chi connectivity index (χ0n) is 22.1. The number of amides is 1. The van der Waals surface area contributed by atoms with Gasteiger partial charge in [0.2, 0.25) is 0 Å². The molecule has 1 amide bonds. The molecule has 3 atom stereocenters. The van der Waals surface area contributed by atoms with Crippen molar-refractivity contribution >= 4 is 39.0 Å². The first-order chi connectivity index (χ1) is 18.2. The summed E-state index contributed by atoms with van der Waals surface area (Å²) >= 11 is 1.33. The number of hydrogen-bond donors (Lipinski definition) is 3. The van der Waals surface area contributed by atoms with Crippen molar-refractivity contribution in [1.82, 2.24) is 20.3 Å². The maximum atomic E-state index is 13.2. The third-order valence-corrected chi connectivity index (χ3v) is 9.20. The highest BCUT2D eigenvalue weighted by molar-refractivity contribution is 7.21. The fourth-order valence-corrected chi connectivity index (χ4v) is 6.71. The Bertz CT molecular complexity index is 1390. The van der Waals surface area contributed by atoms with Crippen LogP contribution in [0.1, 0.15) is 51.7 Å². The number of carbonyl (C=O) groups is 1. The van der Waals surface area contributed by atoms with Crippen molar-refractivity contribution in [2.45, 2.75) is 69.7 Å². The van der Waals surface area contributed by atoms with Gasteiger partial charge in [0, 0.05) is 31.9 Å². The third kappa shape index (κ3) is 4.72. The molecule has 2 fully saturated rings. The maximum Gasteiger partial charge on any atom is 0.263 e. The lowest BCUT2D eigenvalue weighted by atomic mass is 9.91. The van der Waals surface area contributed by atoms with Crippen LogP contribution in [-0.2, 0) is 22.3 Å². The predicted octanol–water partition coefficient (Wildman–Crippen LogP) is 2.28. The van der Waals surface area contributed by atoms with Gasteiger partial charge in [-0.1, -0.05) is 6.07 Å². The van der Waals surface area contributed by atoms with Crippen LogP contribution in [0.2, 0.25) is 0 Å². The van der Waals surface area contributed by atoms with E-state index >= 15 is 0 Å². The van der Waals surface area contributed by atoms with Gasteiger partial charge in [-0.15, -0.1) is 11.3 Å². The van der Waals surface area contributed by atoms with Crippen molar-refractivity contribution < 1.29 is 14.3 Å². The second-order valence-corrected chi connectivity index (χ2v) is 11.9. The highest BCUT2D eigenvalue weighted by Crippen LogP contribution is 2.39. The molecule has 2 aliphatic carbocycles. The number of methoxy groups -OCH3 is 1. The molecule has 1 aliphatic heterocycles. The number of nitrogens with zero attached hydrogens (tertiary/aromatic N) is 4. The van der Waals surface area contributed by atoms with Crippen LogP contribution in [0.15, 0.2) is 12.1 Å². The van der Waals surface area contributed by atoms with Crippen molar-refractivity contribution in [3.63, 3.8) is 0 Å². The van der Waals surface area contributed by atoms with Gasteiger partial charge >= 0.3 is 0 Å². The van der Waals surface area contributed by atoms with Gasteiger partial charge in [0.15, 0.2) is 0 Å². The summed E-state index contributed by atoms with van der Waals surface area (Å²) in [4.78, 5) is 30.5. The van der Waals surface area contributed by atoms with E-state index in [1.54, 1.807) is 7.11 Å². The van der Waals surface area contributed by atoms with Crippen molar-refractivity contribution in [2.75, 3.05) is 37.4 Å². The molecule has 6 rings (SSSR count). The standard InChI is InChI=1S/C27H35N7O3S/c1-14-22-23(29)24(38-26(22)31-15(2)30-14)25(35)32-17-5-6-19-16(10-17)4-7-21(33-19)34-11-18(28)20(12-34)37-13-27(36-3)8-9-27/h4,7,17-18,20H,5-6,8-13,28-29H2,1-3H3,(H,32,35). The molecule has 3 unspecified atom stereocenters. The molecule has 4 heterocycles. The Morgan fingerprint density at radius 2 is 2.05 bits per heavy atom. The quantitative estimate of drug-likeness (QED) is 0.414. The minimum Gasteiger partial charge on any atom is -0.397 e. The Hall–Kier alpha value is -2.86. The van der Waals surface area contributed by atoms with Crippen molar-refractivity contribution in [3.8, 4) is 0 Å². The van der Waals surface area contributed by atoms with E-state index in [4.69, 9.17) is 25.9 Å². The maximum absolute atomic E-state index is 13.2. The molecule has 3 aromatic heterocycles. The fraction of sp³-hybridized carbons (Fsp3) is 0.556. The van der Waals surface area contributed by atoms with Crippen molar-refractivity contribution in [1.29, 1.82) is 0 Å². The number of fused-ring (bicyclic) bond motifs is 2. The molecule has 3 aromatic rings. The van der Waals surface area contributed by atoms with Crippen molar-refractivity contribution in [2.24, 2.45) is 5.73 Å². The third-order valence-electron chi connectivity index (χ3n) is 8.11. The largest absolute Gasteiger partial charge is 0.397 e. The average Bonchev–Trinajstić information content (AvgIpc) is 3.47. The lowest BCUT2D eigenvalue weighted by Crippen LogP contribution is -2.39. The van der Waals surface area contributed by atoms with Gasteiger partial charge < -0.3 is 31.2 Å². The summed E-state index contributed by atoms with van der Waals surface area (Å²) in [5.41, 5.74) is 16.2. The Morgan fingerprint density at radius 1 is 1.24 bits per heavy atom. The summed E-state index contributed by atoms with van der Waals surface area (Å²) in [5, 5.41) is 3.97. The van der Waals surface area contributed by atoms with Crippen LogP contribution in [-0.4, -0.2) is 71.5 Å². The van der Waals surface area contributed by atoms with Crippen LogP contribution in [0.25, 0.3) is 10.2 Å². The first-order valence-corrected chi connectivity index (χ1v) is 14.1. The molecular formula is C27H35N7O3S. The molecule has 3 aliphatic rings. The van der Waals surface area contributed by atoms with E-state index in [9.17, 15) is 4.79 Å². The topological polar surface area (TPSA) is 142 Å². The zero-order valence-corrected chi connectivity index (χ0v) is 22.9. The van der Waals surface area contributed by atoms with E-state index in [-0.39, 0.29) is 29.7 Å². The van der Waals surface area contributed by atoms with Crippen LogP contribution in [0.3, 0.4) is 0 Å². The SMILES string of the molecule is COC1(COC2CN(c3ccc4c(n3)CCC(NC(=O)c3sc5nc(C)nc(C)c5c3N)C4)CC2N)CC1. The molecule has 0 radical (unpaired) electrons. The number of nitrogen functional groups attached to an aromatic ring is 1. The van der Waals surface area contributed by atoms with E-state index in [0.717, 1.165) is 72.6 Å². The minimum atomic E-state index is -0.154. The molecule has 1 saturated carbocycles. The van der Waals surface area contributed by atoms with Crippen LogP contribution < -0.4 is 21.7 Å². The molecule has 0 bridgehead atoms. The average molecular weight is 538 g/mol. The molecule has 202 valence electrons. The van der Waals surface area contributed by atoms with E-state index < -0.39 is 0 Å². The van der Waals surface area contributed by atoms with E-state index in [1.807, 2.05) is 13.8 Å².